The molecule has 1 aromatic carbocycles. The van der Waals surface area contributed by atoms with E-state index in [-0.39, 0.29) is 17.3 Å². The Morgan fingerprint density at radius 1 is 1.17 bits per heavy atom. The molecule has 1 aliphatic carbocycles. The lowest BCUT2D eigenvalue weighted by Gasteiger charge is -2.53. The van der Waals surface area contributed by atoms with Crippen molar-refractivity contribution in [3.63, 3.8) is 0 Å². The number of pyridine rings is 1. The summed E-state index contributed by atoms with van der Waals surface area (Å²) in [6.45, 7) is 9.42. The maximum atomic E-state index is 11.8. The van der Waals surface area contributed by atoms with Gasteiger partial charge in [-0.1, -0.05) is 45.4 Å². The molecule has 1 saturated heterocycles. The van der Waals surface area contributed by atoms with Crippen LogP contribution >= 0.6 is 0 Å². The normalized spacial score (nSPS) is 27.6. The van der Waals surface area contributed by atoms with E-state index in [9.17, 15) is 5.11 Å². The molecule has 4 nitrogen and oxygen atoms in total. The van der Waals surface area contributed by atoms with E-state index >= 15 is 0 Å². The number of benzene rings is 1. The van der Waals surface area contributed by atoms with E-state index in [0.717, 1.165) is 43.8 Å². The van der Waals surface area contributed by atoms with Crippen LogP contribution in [0.3, 0.4) is 0 Å². The zero-order valence-electron chi connectivity index (χ0n) is 18.2. The van der Waals surface area contributed by atoms with Crippen LogP contribution < -0.4 is 4.74 Å². The fraction of sp³-hybridized carbons (Fsp3) is 0.560. The number of ether oxygens (including phenoxy) is 1. The SMILES string of the molecule is COc1ccc(C(C)(C)C)cc1CN1C[C@@H]2CCC[C@@H](C1)C2(O)c1cccnc1. The quantitative estimate of drug-likeness (QED) is 0.829. The molecule has 0 radical (unpaired) electrons. The second kappa shape index (κ2) is 7.73. The molecule has 1 aromatic heterocycles. The summed E-state index contributed by atoms with van der Waals surface area (Å²) < 4.78 is 5.67. The second-order valence-corrected chi connectivity index (χ2v) is 9.86. The summed E-state index contributed by atoms with van der Waals surface area (Å²) in [5.41, 5.74) is 2.92. The van der Waals surface area contributed by atoms with Gasteiger partial charge in [-0.15, -0.1) is 0 Å². The minimum absolute atomic E-state index is 0.111. The fourth-order valence-electron chi connectivity index (χ4n) is 5.35. The van der Waals surface area contributed by atoms with Crippen molar-refractivity contribution in [1.82, 2.24) is 9.88 Å². The molecule has 2 aromatic rings. The Bertz CT molecular complexity index is 830. The van der Waals surface area contributed by atoms with Gasteiger partial charge in [0.05, 0.1) is 12.7 Å². The molecular formula is C25H34N2O2. The molecule has 0 spiro atoms. The lowest BCUT2D eigenvalue weighted by molar-refractivity contribution is -0.148. The monoisotopic (exact) mass is 394 g/mol. The van der Waals surface area contributed by atoms with Crippen LogP contribution in [0.5, 0.6) is 5.75 Å². The van der Waals surface area contributed by atoms with E-state index in [1.807, 2.05) is 18.3 Å². The Hall–Kier alpha value is -1.91. The van der Waals surface area contributed by atoms with Crippen molar-refractivity contribution < 1.29 is 9.84 Å². The van der Waals surface area contributed by atoms with Gasteiger partial charge < -0.3 is 9.84 Å². The van der Waals surface area contributed by atoms with Crippen molar-refractivity contribution in [3.8, 4) is 5.75 Å². The Kier molecular flexibility index (Phi) is 5.43. The van der Waals surface area contributed by atoms with Gasteiger partial charge in [0.15, 0.2) is 0 Å². The van der Waals surface area contributed by atoms with Crippen LogP contribution in [-0.4, -0.2) is 35.2 Å². The van der Waals surface area contributed by atoms with Gasteiger partial charge >= 0.3 is 0 Å². The maximum absolute atomic E-state index is 11.8. The number of hydrogen-bond acceptors (Lipinski definition) is 4. The van der Waals surface area contributed by atoms with Gasteiger partial charge in [0.25, 0.3) is 0 Å². The van der Waals surface area contributed by atoms with Crippen molar-refractivity contribution >= 4 is 0 Å². The maximum Gasteiger partial charge on any atom is 0.123 e. The zero-order chi connectivity index (χ0) is 20.6. The second-order valence-electron chi connectivity index (χ2n) is 9.86. The summed E-state index contributed by atoms with van der Waals surface area (Å²) in [7, 11) is 1.75. The van der Waals surface area contributed by atoms with Gasteiger partial charge in [-0.25, -0.2) is 0 Å². The molecule has 2 aliphatic rings. The molecule has 4 heteroatoms. The molecule has 0 unspecified atom stereocenters. The van der Waals surface area contributed by atoms with E-state index in [0.29, 0.717) is 0 Å². The van der Waals surface area contributed by atoms with E-state index < -0.39 is 5.60 Å². The predicted octanol–water partition coefficient (Wildman–Crippen LogP) is 4.51. The van der Waals surface area contributed by atoms with E-state index in [1.165, 1.54) is 17.5 Å². The third-order valence-corrected chi connectivity index (χ3v) is 6.97. The first-order chi connectivity index (χ1) is 13.8. The number of piperidine rings is 1. The van der Waals surface area contributed by atoms with E-state index in [2.05, 4.69) is 48.9 Å². The largest absolute Gasteiger partial charge is 0.496 e. The van der Waals surface area contributed by atoms with Crippen molar-refractivity contribution in [3.05, 3.63) is 59.4 Å². The number of fused-ring (bicyclic) bond motifs is 2. The number of likely N-dealkylation sites (tertiary alicyclic amines) is 1. The first-order valence-corrected chi connectivity index (χ1v) is 10.8. The number of methoxy groups -OCH3 is 1. The molecule has 2 atom stereocenters. The highest BCUT2D eigenvalue weighted by Gasteiger charge is 2.51. The number of aliphatic hydroxyl groups is 1. The van der Waals surface area contributed by atoms with Crippen LogP contribution in [0.15, 0.2) is 42.7 Å². The highest BCUT2D eigenvalue weighted by atomic mass is 16.5. The molecule has 2 heterocycles. The zero-order valence-corrected chi connectivity index (χ0v) is 18.2. The first-order valence-electron chi connectivity index (χ1n) is 10.8. The Balaban J connectivity index is 1.59. The molecule has 156 valence electrons. The van der Waals surface area contributed by atoms with Crippen LogP contribution in [-0.2, 0) is 17.6 Å². The van der Waals surface area contributed by atoms with Gasteiger partial charge in [-0.2, -0.15) is 0 Å². The summed E-state index contributed by atoms with van der Waals surface area (Å²) in [6.07, 6.45) is 6.98. The van der Waals surface area contributed by atoms with Gasteiger partial charge in [0, 0.05) is 55.0 Å². The number of nitrogens with zero attached hydrogens (tertiary/aromatic N) is 2. The van der Waals surface area contributed by atoms with E-state index in [1.54, 1.807) is 13.3 Å². The standard InChI is InChI=1S/C25H34N2O2/c1-24(2,3)19-10-11-23(29-4)18(13-19)15-27-16-21-7-5-8-22(17-27)25(21,28)20-9-6-12-26-14-20/h6,9-14,21-22,28H,5,7-8,15-17H2,1-4H3/t21-,22-/m0/s1. The smallest absolute Gasteiger partial charge is 0.123 e. The molecule has 2 fully saturated rings. The Morgan fingerprint density at radius 2 is 1.90 bits per heavy atom. The summed E-state index contributed by atoms with van der Waals surface area (Å²) in [4.78, 5) is 6.80. The van der Waals surface area contributed by atoms with Crippen molar-refractivity contribution in [2.24, 2.45) is 11.8 Å². The number of hydrogen-bond donors (Lipinski definition) is 1. The molecule has 1 aliphatic heterocycles. The lowest BCUT2D eigenvalue weighted by atomic mass is 9.63. The van der Waals surface area contributed by atoms with Gasteiger partial charge in [-0.05, 0) is 36.0 Å². The van der Waals surface area contributed by atoms with Crippen LogP contribution in [0.25, 0.3) is 0 Å². The van der Waals surface area contributed by atoms with Gasteiger partial charge in [0.2, 0.25) is 0 Å². The fourth-order valence-corrected chi connectivity index (χ4v) is 5.35. The highest BCUT2D eigenvalue weighted by Crippen LogP contribution is 2.49. The van der Waals surface area contributed by atoms with Crippen molar-refractivity contribution in [1.29, 1.82) is 0 Å². The van der Waals surface area contributed by atoms with Crippen LogP contribution in [0, 0.1) is 11.8 Å². The third kappa shape index (κ3) is 3.80. The molecule has 1 saturated carbocycles. The average molecular weight is 395 g/mol. The van der Waals surface area contributed by atoms with Gasteiger partial charge in [0.1, 0.15) is 5.75 Å². The molecule has 2 bridgehead atoms. The lowest BCUT2D eigenvalue weighted by Crippen LogP contribution is -2.57. The highest BCUT2D eigenvalue weighted by molar-refractivity contribution is 5.40. The Labute approximate surface area is 174 Å². The van der Waals surface area contributed by atoms with Crippen LogP contribution in [0.4, 0.5) is 0 Å². The summed E-state index contributed by atoms with van der Waals surface area (Å²) >= 11 is 0. The summed E-state index contributed by atoms with van der Waals surface area (Å²) in [5, 5.41) is 11.8. The topological polar surface area (TPSA) is 45.6 Å². The third-order valence-electron chi connectivity index (χ3n) is 6.97. The molecule has 1 N–H and O–H groups in total. The minimum Gasteiger partial charge on any atom is -0.496 e. The number of rotatable bonds is 4. The minimum atomic E-state index is -0.750. The number of aromatic nitrogens is 1. The summed E-state index contributed by atoms with van der Waals surface area (Å²) in [5.74, 6) is 1.45. The molecule has 0 amide bonds. The van der Waals surface area contributed by atoms with Crippen LogP contribution in [0.2, 0.25) is 0 Å². The molecular weight excluding hydrogens is 360 g/mol. The van der Waals surface area contributed by atoms with Crippen LogP contribution in [0.1, 0.15) is 56.7 Å². The summed E-state index contributed by atoms with van der Waals surface area (Å²) in [6, 6.07) is 10.6. The first kappa shape index (κ1) is 20.4. The van der Waals surface area contributed by atoms with Crippen molar-refractivity contribution in [2.75, 3.05) is 20.2 Å². The van der Waals surface area contributed by atoms with Gasteiger partial charge in [-0.3, -0.25) is 9.88 Å². The molecule has 4 rings (SSSR count). The van der Waals surface area contributed by atoms with Crippen molar-refractivity contribution in [2.45, 2.75) is 57.6 Å². The van der Waals surface area contributed by atoms with E-state index in [4.69, 9.17) is 4.74 Å². The predicted molar refractivity (Wildman–Crippen MR) is 116 cm³/mol. The Morgan fingerprint density at radius 3 is 2.48 bits per heavy atom. The average Bonchev–Trinajstić information content (AvgIpc) is 2.69. The molecule has 29 heavy (non-hydrogen) atoms.